The molecule has 52 heavy (non-hydrogen) atoms. The third-order valence-electron chi connectivity index (χ3n) is 9.14. The standard InChI is InChI=1S/C43H25F5N2O2/c44-28-13-9-11-26(23-28)40-34(49-30-15-1-5-19-36(30)51-37-20-6-2-16-31(37)49)25-35(41(42(40)43(46,47)48)27-12-10-14-29(45)24-27)50-32-17-3-7-21-38(32)52-39-22-8-4-18-33(39)50/h1-25H. The van der Waals surface area contributed by atoms with Crippen molar-refractivity contribution in [3.8, 4) is 45.3 Å². The summed E-state index contributed by atoms with van der Waals surface area (Å²) in [7, 11) is 0. The van der Waals surface area contributed by atoms with E-state index < -0.39 is 23.4 Å². The predicted molar refractivity (Wildman–Crippen MR) is 192 cm³/mol. The van der Waals surface area contributed by atoms with E-state index in [0.717, 1.165) is 12.1 Å². The number of benzene rings is 7. The fourth-order valence-corrected chi connectivity index (χ4v) is 7.09. The number of anilines is 6. The Labute approximate surface area is 295 Å². The molecule has 2 aliphatic rings. The molecule has 0 saturated carbocycles. The lowest BCUT2D eigenvalue weighted by Gasteiger charge is -2.39. The third kappa shape index (κ3) is 5.12. The van der Waals surface area contributed by atoms with Crippen molar-refractivity contribution in [2.24, 2.45) is 0 Å². The lowest BCUT2D eigenvalue weighted by molar-refractivity contribution is -0.136. The van der Waals surface area contributed by atoms with E-state index in [2.05, 4.69) is 0 Å². The molecule has 2 heterocycles. The summed E-state index contributed by atoms with van der Waals surface area (Å²) in [6.07, 6.45) is -5.04. The van der Waals surface area contributed by atoms with Gasteiger partial charge < -0.3 is 19.3 Å². The number of para-hydroxylation sites is 8. The normalized spacial score (nSPS) is 12.9. The summed E-state index contributed by atoms with van der Waals surface area (Å²) < 4.78 is 91.6. The summed E-state index contributed by atoms with van der Waals surface area (Å²) in [5.41, 5.74) is 0.380. The highest BCUT2D eigenvalue weighted by Gasteiger charge is 2.43. The van der Waals surface area contributed by atoms with Crippen LogP contribution in [0.3, 0.4) is 0 Å². The second-order valence-electron chi connectivity index (χ2n) is 12.3. The van der Waals surface area contributed by atoms with Crippen LogP contribution in [0, 0.1) is 11.6 Å². The zero-order chi connectivity index (χ0) is 35.6. The second kappa shape index (κ2) is 12.0. The molecule has 7 aromatic rings. The van der Waals surface area contributed by atoms with E-state index in [0.29, 0.717) is 45.7 Å². The number of nitrogens with zero attached hydrogens (tertiary/aromatic N) is 2. The molecule has 254 valence electrons. The highest BCUT2D eigenvalue weighted by Crippen LogP contribution is 2.60. The Hall–Kier alpha value is -6.61. The molecule has 0 amide bonds. The predicted octanol–water partition coefficient (Wildman–Crippen LogP) is 13.5. The van der Waals surface area contributed by atoms with Crippen LogP contribution in [0.2, 0.25) is 0 Å². The SMILES string of the molecule is Fc1cccc(-c2c(N3c4ccccc4Oc4ccccc43)cc(N3c4ccccc4Oc4ccccc43)c(-c3cccc(F)c3)c2C(F)(F)F)c1. The van der Waals surface area contributed by atoms with E-state index in [1.807, 2.05) is 0 Å². The van der Waals surface area contributed by atoms with Crippen molar-refractivity contribution in [1.29, 1.82) is 0 Å². The number of halogens is 5. The Balaban J connectivity index is 1.50. The smallest absolute Gasteiger partial charge is 0.417 e. The first kappa shape index (κ1) is 31.4. The number of hydrogen-bond donors (Lipinski definition) is 0. The molecule has 0 N–H and O–H groups in total. The average molecular weight is 697 g/mol. The first-order chi connectivity index (χ1) is 25.3. The van der Waals surface area contributed by atoms with Gasteiger partial charge in [0.2, 0.25) is 0 Å². The topological polar surface area (TPSA) is 24.9 Å². The molecule has 0 aromatic heterocycles. The Morgan fingerprint density at radius 3 is 1.06 bits per heavy atom. The summed E-state index contributed by atoms with van der Waals surface area (Å²) >= 11 is 0. The van der Waals surface area contributed by atoms with Crippen molar-refractivity contribution in [1.82, 2.24) is 0 Å². The van der Waals surface area contributed by atoms with Gasteiger partial charge >= 0.3 is 6.18 Å². The summed E-state index contributed by atoms with van der Waals surface area (Å²) in [4.78, 5) is 3.42. The van der Waals surface area contributed by atoms with Crippen LogP contribution in [0.1, 0.15) is 5.56 Å². The lowest BCUT2D eigenvalue weighted by Crippen LogP contribution is -2.22. The van der Waals surface area contributed by atoms with E-state index in [1.165, 1.54) is 36.4 Å². The molecule has 0 radical (unpaired) electrons. The number of alkyl halides is 3. The van der Waals surface area contributed by atoms with Crippen molar-refractivity contribution in [2.45, 2.75) is 6.18 Å². The zero-order valence-electron chi connectivity index (χ0n) is 27.0. The highest BCUT2D eigenvalue weighted by atomic mass is 19.4. The van der Waals surface area contributed by atoms with Crippen molar-refractivity contribution < 1.29 is 31.4 Å². The minimum absolute atomic E-state index is 0.0178. The van der Waals surface area contributed by atoms with Gasteiger partial charge in [-0.15, -0.1) is 0 Å². The van der Waals surface area contributed by atoms with Crippen LogP contribution >= 0.6 is 0 Å². The van der Waals surface area contributed by atoms with Gasteiger partial charge in [-0.3, -0.25) is 0 Å². The Kier molecular flexibility index (Phi) is 7.25. The van der Waals surface area contributed by atoms with Crippen LogP contribution in [-0.4, -0.2) is 0 Å². The molecule has 0 bridgehead atoms. The number of ether oxygens (including phenoxy) is 2. The van der Waals surface area contributed by atoms with Crippen LogP contribution in [0.25, 0.3) is 22.3 Å². The summed E-state index contributed by atoms with van der Waals surface area (Å²) in [5, 5.41) is 0. The molecule has 4 nitrogen and oxygen atoms in total. The fourth-order valence-electron chi connectivity index (χ4n) is 7.09. The van der Waals surface area contributed by atoms with Gasteiger partial charge in [-0.05, 0) is 90.0 Å². The van der Waals surface area contributed by atoms with Crippen LogP contribution in [0.5, 0.6) is 23.0 Å². The largest absolute Gasteiger partial charge is 0.453 e. The van der Waals surface area contributed by atoms with Crippen molar-refractivity contribution in [3.63, 3.8) is 0 Å². The van der Waals surface area contributed by atoms with Gasteiger partial charge in [-0.2, -0.15) is 13.2 Å². The molecular weight excluding hydrogens is 671 g/mol. The molecule has 2 aliphatic heterocycles. The maximum atomic E-state index is 16.3. The van der Waals surface area contributed by atoms with E-state index in [4.69, 9.17) is 9.47 Å². The Morgan fingerprint density at radius 2 is 0.731 bits per heavy atom. The molecule has 0 spiro atoms. The van der Waals surface area contributed by atoms with Crippen LogP contribution in [0.4, 0.5) is 56.1 Å². The number of rotatable bonds is 4. The van der Waals surface area contributed by atoms with E-state index in [1.54, 1.807) is 113 Å². The van der Waals surface area contributed by atoms with Crippen molar-refractivity contribution in [2.75, 3.05) is 9.80 Å². The minimum atomic E-state index is -5.04. The number of hydrogen-bond acceptors (Lipinski definition) is 4. The molecule has 0 unspecified atom stereocenters. The molecule has 9 rings (SSSR count). The Morgan fingerprint density at radius 1 is 0.385 bits per heavy atom. The first-order valence-electron chi connectivity index (χ1n) is 16.4. The van der Waals surface area contributed by atoms with Crippen molar-refractivity contribution in [3.05, 3.63) is 169 Å². The molecular formula is C43H25F5N2O2. The van der Waals surface area contributed by atoms with Crippen LogP contribution < -0.4 is 19.3 Å². The average Bonchev–Trinajstić information content (AvgIpc) is 3.15. The summed E-state index contributed by atoms with van der Waals surface area (Å²) in [6, 6.07) is 40.0. The molecule has 0 fully saturated rings. The minimum Gasteiger partial charge on any atom is -0.453 e. The van der Waals surface area contributed by atoms with Crippen molar-refractivity contribution >= 4 is 34.1 Å². The fraction of sp³-hybridized carbons (Fsp3) is 0.0233. The molecule has 0 saturated heterocycles. The third-order valence-corrected chi connectivity index (χ3v) is 9.14. The van der Waals surface area contributed by atoms with Gasteiger partial charge in [0.25, 0.3) is 0 Å². The van der Waals surface area contributed by atoms with Gasteiger partial charge in [-0.1, -0.05) is 72.8 Å². The maximum absolute atomic E-state index is 16.3. The molecule has 0 atom stereocenters. The molecule has 7 aromatic carbocycles. The second-order valence-corrected chi connectivity index (χ2v) is 12.3. The van der Waals surface area contributed by atoms with Gasteiger partial charge in [0.1, 0.15) is 11.6 Å². The van der Waals surface area contributed by atoms with Crippen LogP contribution in [-0.2, 0) is 6.18 Å². The van der Waals surface area contributed by atoms with Gasteiger partial charge in [0.05, 0.1) is 39.7 Å². The van der Waals surface area contributed by atoms with Gasteiger partial charge in [-0.25, -0.2) is 8.78 Å². The van der Waals surface area contributed by atoms with Gasteiger partial charge in [0, 0.05) is 11.1 Å². The molecule has 9 heteroatoms. The van der Waals surface area contributed by atoms with Gasteiger partial charge in [0.15, 0.2) is 23.0 Å². The highest BCUT2D eigenvalue weighted by molar-refractivity contribution is 6.04. The molecule has 0 aliphatic carbocycles. The van der Waals surface area contributed by atoms with E-state index in [9.17, 15) is 0 Å². The zero-order valence-corrected chi connectivity index (χ0v) is 27.0. The number of fused-ring (bicyclic) bond motifs is 4. The monoisotopic (exact) mass is 696 g/mol. The maximum Gasteiger partial charge on any atom is 0.417 e. The van der Waals surface area contributed by atoms with E-state index in [-0.39, 0.29) is 33.6 Å². The van der Waals surface area contributed by atoms with E-state index >= 15 is 22.0 Å². The Bertz CT molecular complexity index is 2280. The quantitative estimate of drug-likeness (QED) is 0.171. The summed E-state index contributed by atoms with van der Waals surface area (Å²) in [5.74, 6) is 0.227. The lowest BCUT2D eigenvalue weighted by atomic mass is 9.86. The first-order valence-corrected chi connectivity index (χ1v) is 16.4. The van der Waals surface area contributed by atoms with Crippen LogP contribution in [0.15, 0.2) is 152 Å². The summed E-state index contributed by atoms with van der Waals surface area (Å²) in [6.45, 7) is 0.